The number of aryl methyl sites for hydroxylation is 1. The van der Waals surface area contributed by atoms with Gasteiger partial charge in [0, 0.05) is 13.0 Å². The van der Waals surface area contributed by atoms with Crippen molar-refractivity contribution in [2.75, 3.05) is 13.2 Å². The lowest BCUT2D eigenvalue weighted by atomic mass is 10.3. The van der Waals surface area contributed by atoms with Crippen LogP contribution in [0.3, 0.4) is 0 Å². The minimum atomic E-state index is -0.844. The fourth-order valence-electron chi connectivity index (χ4n) is 1.14. The van der Waals surface area contributed by atoms with Crippen LogP contribution >= 0.6 is 0 Å². The molecule has 0 aromatic carbocycles. The van der Waals surface area contributed by atoms with Crippen molar-refractivity contribution in [2.24, 2.45) is 5.73 Å². The predicted octanol–water partition coefficient (Wildman–Crippen LogP) is -0.434. The molecule has 1 amide bonds. The maximum absolute atomic E-state index is 11.1. The molecular weight excluding hydrogens is 196 g/mol. The molecule has 1 atom stereocenters. The molecule has 84 valence electrons. The first-order chi connectivity index (χ1) is 7.13. The first-order valence-electron chi connectivity index (χ1n) is 4.83. The van der Waals surface area contributed by atoms with Crippen molar-refractivity contribution >= 4 is 5.91 Å². The lowest BCUT2D eigenvalue weighted by Gasteiger charge is -2.08. The van der Waals surface area contributed by atoms with E-state index in [0.29, 0.717) is 13.0 Å². The first-order valence-corrected chi connectivity index (χ1v) is 4.83. The van der Waals surface area contributed by atoms with E-state index in [1.54, 1.807) is 0 Å². The quantitative estimate of drug-likeness (QED) is 0.617. The second-order valence-corrected chi connectivity index (χ2v) is 3.34. The van der Waals surface area contributed by atoms with Crippen molar-refractivity contribution in [3.63, 3.8) is 0 Å². The minimum absolute atomic E-state index is 0.342. The van der Waals surface area contributed by atoms with E-state index >= 15 is 0 Å². The number of carbonyl (C=O) groups excluding carboxylic acids is 1. The van der Waals surface area contributed by atoms with Gasteiger partial charge < -0.3 is 20.6 Å². The molecule has 0 spiro atoms. The summed E-state index contributed by atoms with van der Waals surface area (Å²) in [5, 5.41) is 11.2. The average Bonchev–Trinajstić information content (AvgIpc) is 2.63. The average molecular weight is 212 g/mol. The van der Waals surface area contributed by atoms with Crippen LogP contribution in [0, 0.1) is 6.92 Å². The number of nitrogens with two attached hydrogens (primary N) is 1. The highest BCUT2D eigenvalue weighted by Gasteiger charge is 2.10. The van der Waals surface area contributed by atoms with Gasteiger partial charge in [0.1, 0.15) is 17.6 Å². The number of rotatable bonds is 5. The van der Waals surface area contributed by atoms with E-state index < -0.39 is 6.04 Å². The van der Waals surface area contributed by atoms with Crippen LogP contribution < -0.4 is 11.1 Å². The Balaban J connectivity index is 2.24. The fourth-order valence-corrected chi connectivity index (χ4v) is 1.14. The Kier molecular flexibility index (Phi) is 4.33. The van der Waals surface area contributed by atoms with Gasteiger partial charge in [-0.1, -0.05) is 0 Å². The Morgan fingerprint density at radius 3 is 2.93 bits per heavy atom. The second kappa shape index (κ2) is 5.53. The summed E-state index contributed by atoms with van der Waals surface area (Å²) in [6.07, 6.45) is 0.623. The van der Waals surface area contributed by atoms with Crippen LogP contribution in [0.1, 0.15) is 11.5 Å². The van der Waals surface area contributed by atoms with E-state index in [0.717, 1.165) is 11.5 Å². The standard InChI is InChI=1S/C10H16N2O3/c1-7-2-3-8(15-7)4-5-12-10(14)9(11)6-13/h2-3,9,13H,4-6,11H2,1H3,(H,12,14). The molecule has 0 saturated carbocycles. The van der Waals surface area contributed by atoms with E-state index in [4.69, 9.17) is 15.3 Å². The van der Waals surface area contributed by atoms with Crippen molar-refractivity contribution in [1.29, 1.82) is 0 Å². The van der Waals surface area contributed by atoms with Gasteiger partial charge in [-0.05, 0) is 19.1 Å². The molecule has 1 heterocycles. The van der Waals surface area contributed by atoms with Gasteiger partial charge in [-0.25, -0.2) is 0 Å². The Hall–Kier alpha value is -1.33. The van der Waals surface area contributed by atoms with Gasteiger partial charge in [0.15, 0.2) is 0 Å². The number of hydrogen-bond acceptors (Lipinski definition) is 4. The SMILES string of the molecule is Cc1ccc(CCNC(=O)C(N)CO)o1. The second-order valence-electron chi connectivity index (χ2n) is 3.34. The Morgan fingerprint density at radius 2 is 2.40 bits per heavy atom. The summed E-state index contributed by atoms with van der Waals surface area (Å²) in [6.45, 7) is 1.98. The Morgan fingerprint density at radius 1 is 1.67 bits per heavy atom. The van der Waals surface area contributed by atoms with Crippen molar-refractivity contribution in [3.8, 4) is 0 Å². The highest BCUT2D eigenvalue weighted by atomic mass is 16.3. The maximum Gasteiger partial charge on any atom is 0.239 e. The number of hydrogen-bond donors (Lipinski definition) is 3. The van der Waals surface area contributed by atoms with Crippen molar-refractivity contribution in [1.82, 2.24) is 5.32 Å². The van der Waals surface area contributed by atoms with Crippen LogP contribution in [-0.2, 0) is 11.2 Å². The van der Waals surface area contributed by atoms with E-state index in [1.165, 1.54) is 0 Å². The zero-order chi connectivity index (χ0) is 11.3. The summed E-state index contributed by atoms with van der Waals surface area (Å²) in [4.78, 5) is 11.1. The van der Waals surface area contributed by atoms with Crippen LogP contribution in [0.2, 0.25) is 0 Å². The molecule has 1 unspecified atom stereocenters. The number of carbonyl (C=O) groups is 1. The van der Waals surface area contributed by atoms with Crippen molar-refractivity contribution in [2.45, 2.75) is 19.4 Å². The molecular formula is C10H16N2O3. The predicted molar refractivity (Wildman–Crippen MR) is 55.2 cm³/mol. The van der Waals surface area contributed by atoms with Crippen LogP contribution in [0.25, 0.3) is 0 Å². The van der Waals surface area contributed by atoms with Crippen LogP contribution in [0.5, 0.6) is 0 Å². The summed E-state index contributed by atoms with van der Waals surface area (Å²) >= 11 is 0. The highest BCUT2D eigenvalue weighted by molar-refractivity contribution is 5.81. The molecule has 1 rings (SSSR count). The molecule has 1 aromatic heterocycles. The number of amides is 1. The molecule has 5 nitrogen and oxygen atoms in total. The number of aliphatic hydroxyl groups excluding tert-OH is 1. The maximum atomic E-state index is 11.1. The van der Waals surface area contributed by atoms with Gasteiger partial charge in [-0.3, -0.25) is 4.79 Å². The van der Waals surface area contributed by atoms with E-state index in [-0.39, 0.29) is 12.5 Å². The molecule has 0 saturated heterocycles. The highest BCUT2D eigenvalue weighted by Crippen LogP contribution is 2.05. The van der Waals surface area contributed by atoms with E-state index in [1.807, 2.05) is 19.1 Å². The van der Waals surface area contributed by atoms with Gasteiger partial charge in [0.25, 0.3) is 0 Å². The van der Waals surface area contributed by atoms with Crippen molar-refractivity contribution in [3.05, 3.63) is 23.7 Å². The third kappa shape index (κ3) is 3.73. The normalized spacial score (nSPS) is 12.5. The van der Waals surface area contributed by atoms with Crippen LogP contribution in [0.4, 0.5) is 0 Å². The summed E-state index contributed by atoms with van der Waals surface area (Å²) in [6, 6.07) is 2.90. The zero-order valence-corrected chi connectivity index (χ0v) is 8.69. The number of aliphatic hydroxyl groups is 1. The minimum Gasteiger partial charge on any atom is -0.466 e. The summed E-state index contributed by atoms with van der Waals surface area (Å²) in [5.74, 6) is 1.33. The molecule has 15 heavy (non-hydrogen) atoms. The number of nitrogens with one attached hydrogen (secondary N) is 1. The topological polar surface area (TPSA) is 88.5 Å². The molecule has 0 aliphatic carbocycles. The summed E-state index contributed by atoms with van der Waals surface area (Å²) in [5.41, 5.74) is 5.31. The van der Waals surface area contributed by atoms with Gasteiger partial charge in [0.05, 0.1) is 6.61 Å². The van der Waals surface area contributed by atoms with Crippen molar-refractivity contribution < 1.29 is 14.3 Å². The summed E-state index contributed by atoms with van der Waals surface area (Å²) < 4.78 is 5.32. The molecule has 0 fully saturated rings. The van der Waals surface area contributed by atoms with Crippen LogP contribution in [-0.4, -0.2) is 30.2 Å². The summed E-state index contributed by atoms with van der Waals surface area (Å²) in [7, 11) is 0. The fraction of sp³-hybridized carbons (Fsp3) is 0.500. The van der Waals surface area contributed by atoms with Gasteiger partial charge in [-0.15, -0.1) is 0 Å². The first kappa shape index (κ1) is 11.7. The lowest BCUT2D eigenvalue weighted by molar-refractivity contribution is -0.123. The van der Waals surface area contributed by atoms with Crippen LogP contribution in [0.15, 0.2) is 16.5 Å². The molecule has 4 N–H and O–H groups in total. The molecule has 1 aromatic rings. The Labute approximate surface area is 88.3 Å². The smallest absolute Gasteiger partial charge is 0.239 e. The monoisotopic (exact) mass is 212 g/mol. The molecule has 0 radical (unpaired) electrons. The Bertz CT molecular complexity index is 322. The largest absolute Gasteiger partial charge is 0.466 e. The molecule has 0 aliphatic rings. The lowest BCUT2D eigenvalue weighted by Crippen LogP contribution is -2.43. The number of furan rings is 1. The van der Waals surface area contributed by atoms with Gasteiger partial charge in [0.2, 0.25) is 5.91 Å². The van der Waals surface area contributed by atoms with Gasteiger partial charge in [-0.2, -0.15) is 0 Å². The van der Waals surface area contributed by atoms with E-state index in [2.05, 4.69) is 5.32 Å². The van der Waals surface area contributed by atoms with E-state index in [9.17, 15) is 4.79 Å². The molecule has 0 bridgehead atoms. The molecule has 0 aliphatic heterocycles. The third-order valence-electron chi connectivity index (χ3n) is 2.00. The third-order valence-corrected chi connectivity index (χ3v) is 2.00. The van der Waals surface area contributed by atoms with Gasteiger partial charge >= 0.3 is 0 Å². The molecule has 5 heteroatoms. The zero-order valence-electron chi connectivity index (χ0n) is 8.69.